The number of aromatic hydroxyl groups is 1. The normalized spacial score (nSPS) is 11.7. The Kier molecular flexibility index (Phi) is 2.45. The average molecular weight is 244 g/mol. The highest BCUT2D eigenvalue weighted by Gasteiger charge is 2.35. The lowest BCUT2D eigenvalue weighted by Crippen LogP contribution is -2.05. The van der Waals surface area contributed by atoms with Crippen molar-refractivity contribution in [2.45, 2.75) is 6.18 Å². The molecule has 0 aliphatic carbocycles. The van der Waals surface area contributed by atoms with Gasteiger partial charge in [-0.15, -0.1) is 0 Å². The molecule has 7 heteroatoms. The van der Waals surface area contributed by atoms with Crippen LogP contribution in [0.3, 0.4) is 0 Å². The second-order valence-electron chi connectivity index (χ2n) is 3.30. The van der Waals surface area contributed by atoms with Gasteiger partial charge in [0.2, 0.25) is 5.88 Å². The van der Waals surface area contributed by atoms with Crippen molar-refractivity contribution in [1.82, 2.24) is 5.16 Å². The van der Waals surface area contributed by atoms with E-state index in [-0.39, 0.29) is 17.0 Å². The van der Waals surface area contributed by atoms with Gasteiger partial charge in [-0.25, -0.2) is 0 Å². The van der Waals surface area contributed by atoms with Gasteiger partial charge in [-0.1, -0.05) is 17.3 Å². The van der Waals surface area contributed by atoms with E-state index in [9.17, 15) is 18.3 Å². The fourth-order valence-corrected chi connectivity index (χ4v) is 1.44. The predicted molar refractivity (Wildman–Crippen MR) is 53.0 cm³/mol. The molecule has 0 bridgehead atoms. The van der Waals surface area contributed by atoms with Crippen LogP contribution in [0.4, 0.5) is 19.1 Å². The van der Waals surface area contributed by atoms with Crippen LogP contribution in [0.2, 0.25) is 0 Å². The number of hydrogen-bond donors (Lipinski definition) is 2. The first-order chi connectivity index (χ1) is 7.91. The second-order valence-corrected chi connectivity index (χ2v) is 3.30. The fourth-order valence-electron chi connectivity index (χ4n) is 1.44. The zero-order chi connectivity index (χ0) is 12.6. The van der Waals surface area contributed by atoms with Crippen LogP contribution in [0, 0.1) is 0 Å². The van der Waals surface area contributed by atoms with Gasteiger partial charge in [0.25, 0.3) is 0 Å². The third-order valence-electron chi connectivity index (χ3n) is 2.23. The Balaban J connectivity index is 2.62. The minimum absolute atomic E-state index is 0.0708. The number of phenols is 1. The molecular formula is C10H7F3N2O2. The van der Waals surface area contributed by atoms with Crippen molar-refractivity contribution in [1.29, 1.82) is 0 Å². The van der Waals surface area contributed by atoms with Crippen LogP contribution in [0.15, 0.2) is 28.9 Å². The molecule has 90 valence electrons. The highest BCUT2D eigenvalue weighted by Crippen LogP contribution is 2.42. The van der Waals surface area contributed by atoms with E-state index in [1.807, 2.05) is 0 Å². The summed E-state index contributed by atoms with van der Waals surface area (Å²) in [5, 5.41) is 12.9. The summed E-state index contributed by atoms with van der Waals surface area (Å²) in [5.41, 5.74) is 4.30. The molecule has 0 atom stereocenters. The summed E-state index contributed by atoms with van der Waals surface area (Å²) in [6.07, 6.45) is -3.49. The third-order valence-corrected chi connectivity index (χ3v) is 2.23. The van der Waals surface area contributed by atoms with E-state index in [0.29, 0.717) is 0 Å². The maximum absolute atomic E-state index is 12.5. The molecule has 2 rings (SSSR count). The molecule has 0 aliphatic heterocycles. The molecule has 2 aromatic rings. The van der Waals surface area contributed by atoms with Crippen LogP contribution in [0.5, 0.6) is 5.75 Å². The molecule has 0 saturated carbocycles. The third kappa shape index (κ3) is 1.91. The largest absolute Gasteiger partial charge is 0.507 e. The number of para-hydroxylation sites is 1. The van der Waals surface area contributed by atoms with Crippen molar-refractivity contribution < 1.29 is 22.8 Å². The smallest absolute Gasteiger partial charge is 0.419 e. The first kappa shape index (κ1) is 11.3. The Bertz CT molecular complexity index is 549. The SMILES string of the molecule is Nc1oncc1-c1cccc(C(F)(F)F)c1O. The molecule has 0 spiro atoms. The van der Waals surface area contributed by atoms with Gasteiger partial charge >= 0.3 is 6.18 Å². The zero-order valence-corrected chi connectivity index (χ0v) is 8.32. The van der Waals surface area contributed by atoms with Gasteiger partial charge in [-0.2, -0.15) is 13.2 Å². The van der Waals surface area contributed by atoms with E-state index in [1.165, 1.54) is 12.1 Å². The number of alkyl halides is 3. The van der Waals surface area contributed by atoms with Gasteiger partial charge in [0, 0.05) is 5.56 Å². The first-order valence-electron chi connectivity index (χ1n) is 4.51. The fraction of sp³-hybridized carbons (Fsp3) is 0.100. The Morgan fingerprint density at radius 3 is 2.47 bits per heavy atom. The lowest BCUT2D eigenvalue weighted by atomic mass is 10.0. The Labute approximate surface area is 93.4 Å². The lowest BCUT2D eigenvalue weighted by molar-refractivity contribution is -0.138. The van der Waals surface area contributed by atoms with Crippen LogP contribution in [0.25, 0.3) is 11.1 Å². The standard InChI is InChI=1S/C10H7F3N2O2/c11-10(12,13)7-3-1-2-5(8(7)16)6-4-15-17-9(6)14/h1-4,16H,14H2. The van der Waals surface area contributed by atoms with Crippen molar-refractivity contribution in [3.05, 3.63) is 30.0 Å². The topological polar surface area (TPSA) is 72.3 Å². The summed E-state index contributed by atoms with van der Waals surface area (Å²) in [6.45, 7) is 0. The van der Waals surface area contributed by atoms with Crippen molar-refractivity contribution >= 4 is 5.88 Å². The minimum atomic E-state index is -4.63. The molecule has 1 heterocycles. The number of hydrogen-bond acceptors (Lipinski definition) is 4. The minimum Gasteiger partial charge on any atom is -0.507 e. The second kappa shape index (κ2) is 3.69. The van der Waals surface area contributed by atoms with E-state index < -0.39 is 17.5 Å². The molecule has 3 N–H and O–H groups in total. The Hall–Kier alpha value is -2.18. The number of phenolic OH excluding ortho intramolecular Hbond substituents is 1. The molecule has 4 nitrogen and oxygen atoms in total. The Morgan fingerprint density at radius 1 is 1.24 bits per heavy atom. The van der Waals surface area contributed by atoms with Gasteiger partial charge < -0.3 is 15.4 Å². The molecule has 0 radical (unpaired) electrons. The summed E-state index contributed by atoms with van der Waals surface area (Å²) in [6, 6.07) is 3.25. The number of halogens is 3. The van der Waals surface area contributed by atoms with E-state index in [2.05, 4.69) is 9.68 Å². The lowest BCUT2D eigenvalue weighted by Gasteiger charge is -2.11. The average Bonchev–Trinajstić information content (AvgIpc) is 2.63. The molecule has 0 saturated heterocycles. The van der Waals surface area contributed by atoms with Crippen LogP contribution in [-0.4, -0.2) is 10.3 Å². The van der Waals surface area contributed by atoms with Gasteiger partial charge in [-0.05, 0) is 6.07 Å². The van der Waals surface area contributed by atoms with E-state index in [1.54, 1.807) is 0 Å². The van der Waals surface area contributed by atoms with Crippen LogP contribution >= 0.6 is 0 Å². The number of nitrogens with zero attached hydrogens (tertiary/aromatic N) is 1. The molecule has 0 unspecified atom stereocenters. The van der Waals surface area contributed by atoms with Crippen molar-refractivity contribution in [3.8, 4) is 16.9 Å². The van der Waals surface area contributed by atoms with Gasteiger partial charge in [-0.3, -0.25) is 0 Å². The van der Waals surface area contributed by atoms with E-state index in [0.717, 1.165) is 12.3 Å². The molecule has 17 heavy (non-hydrogen) atoms. The number of aromatic nitrogens is 1. The highest BCUT2D eigenvalue weighted by atomic mass is 19.4. The number of benzene rings is 1. The molecule has 1 aromatic heterocycles. The van der Waals surface area contributed by atoms with Crippen molar-refractivity contribution in [2.24, 2.45) is 0 Å². The summed E-state index contributed by atoms with van der Waals surface area (Å²) in [7, 11) is 0. The van der Waals surface area contributed by atoms with Crippen molar-refractivity contribution in [2.75, 3.05) is 5.73 Å². The zero-order valence-electron chi connectivity index (χ0n) is 8.32. The van der Waals surface area contributed by atoms with Gasteiger partial charge in [0.1, 0.15) is 5.75 Å². The maximum Gasteiger partial charge on any atom is 0.419 e. The van der Waals surface area contributed by atoms with E-state index >= 15 is 0 Å². The number of anilines is 1. The molecular weight excluding hydrogens is 237 g/mol. The van der Waals surface area contributed by atoms with E-state index in [4.69, 9.17) is 5.73 Å². The number of nitrogen functional groups attached to an aromatic ring is 1. The van der Waals surface area contributed by atoms with Gasteiger partial charge in [0.15, 0.2) is 0 Å². The summed E-state index contributed by atoms with van der Waals surface area (Å²) in [4.78, 5) is 0. The monoisotopic (exact) mass is 244 g/mol. The number of rotatable bonds is 1. The van der Waals surface area contributed by atoms with Gasteiger partial charge in [0.05, 0.1) is 17.3 Å². The summed E-state index contributed by atoms with van der Waals surface area (Å²) in [5.74, 6) is -1.05. The summed E-state index contributed by atoms with van der Waals surface area (Å²) < 4.78 is 42.2. The first-order valence-corrected chi connectivity index (χ1v) is 4.51. The highest BCUT2D eigenvalue weighted by molar-refractivity contribution is 5.78. The van der Waals surface area contributed by atoms with Crippen molar-refractivity contribution in [3.63, 3.8) is 0 Å². The molecule has 0 amide bonds. The molecule has 0 aliphatic rings. The Morgan fingerprint density at radius 2 is 1.94 bits per heavy atom. The molecule has 1 aromatic carbocycles. The maximum atomic E-state index is 12.5. The predicted octanol–water partition coefficient (Wildman–Crippen LogP) is 2.65. The molecule has 0 fully saturated rings. The van der Waals surface area contributed by atoms with Crippen LogP contribution in [0.1, 0.15) is 5.56 Å². The van der Waals surface area contributed by atoms with Crippen LogP contribution < -0.4 is 5.73 Å². The summed E-state index contributed by atoms with van der Waals surface area (Å²) >= 11 is 0. The quantitative estimate of drug-likeness (QED) is 0.808. The van der Waals surface area contributed by atoms with Crippen LogP contribution in [-0.2, 0) is 6.18 Å². The number of nitrogens with two attached hydrogens (primary N) is 1.